The molecule has 0 radical (unpaired) electrons. The topological polar surface area (TPSA) is 80.8 Å². The second-order valence-electron chi connectivity index (χ2n) is 6.84. The van der Waals surface area contributed by atoms with Crippen LogP contribution in [0.5, 0.6) is 5.88 Å². The Bertz CT molecular complexity index is 1050. The van der Waals surface area contributed by atoms with Gasteiger partial charge in [-0.2, -0.15) is 0 Å². The van der Waals surface area contributed by atoms with E-state index in [4.69, 9.17) is 9.47 Å². The molecule has 2 amide bonds. The number of ether oxygens (including phenoxy) is 2. The van der Waals surface area contributed by atoms with E-state index < -0.39 is 12.1 Å². The molecule has 2 heterocycles. The SMILES string of the molecule is COc1ccc2cc(NC(=O)C3OCC(=O)N(C)C3c3ccccc3)ccc2n1. The van der Waals surface area contributed by atoms with E-state index in [1.807, 2.05) is 48.5 Å². The van der Waals surface area contributed by atoms with Crippen LogP contribution in [0.25, 0.3) is 10.9 Å². The van der Waals surface area contributed by atoms with Crippen molar-refractivity contribution in [2.45, 2.75) is 12.1 Å². The minimum absolute atomic E-state index is 0.126. The van der Waals surface area contributed by atoms with Crippen molar-refractivity contribution in [3.05, 3.63) is 66.2 Å². The molecule has 1 aliphatic heterocycles. The molecule has 2 aromatic carbocycles. The van der Waals surface area contributed by atoms with E-state index in [9.17, 15) is 9.59 Å². The Morgan fingerprint density at radius 2 is 1.97 bits per heavy atom. The summed E-state index contributed by atoms with van der Waals surface area (Å²) in [6.45, 7) is -0.126. The number of likely N-dealkylation sites (N-methyl/N-ethyl adjacent to an activating group) is 1. The van der Waals surface area contributed by atoms with Gasteiger partial charge < -0.3 is 19.7 Å². The number of nitrogens with one attached hydrogen (secondary N) is 1. The molecule has 1 aliphatic rings. The molecule has 0 saturated carbocycles. The fraction of sp³-hybridized carbons (Fsp3) is 0.227. The van der Waals surface area contributed by atoms with Crippen molar-refractivity contribution in [2.75, 3.05) is 26.1 Å². The van der Waals surface area contributed by atoms with Gasteiger partial charge in [0.05, 0.1) is 18.7 Å². The van der Waals surface area contributed by atoms with Crippen LogP contribution in [0.1, 0.15) is 11.6 Å². The summed E-state index contributed by atoms with van der Waals surface area (Å²) in [4.78, 5) is 31.1. The Hall–Kier alpha value is -3.45. The number of aromatic nitrogens is 1. The molecule has 1 N–H and O–H groups in total. The predicted octanol–water partition coefficient (Wildman–Crippen LogP) is 2.78. The molecule has 0 aliphatic carbocycles. The fourth-order valence-corrected chi connectivity index (χ4v) is 3.49. The Labute approximate surface area is 168 Å². The smallest absolute Gasteiger partial charge is 0.256 e. The first-order valence-electron chi connectivity index (χ1n) is 9.24. The molecule has 148 valence electrons. The van der Waals surface area contributed by atoms with Gasteiger partial charge in [0.2, 0.25) is 11.8 Å². The lowest BCUT2D eigenvalue weighted by atomic mass is 9.97. The fourth-order valence-electron chi connectivity index (χ4n) is 3.49. The quantitative estimate of drug-likeness (QED) is 0.740. The Kier molecular flexibility index (Phi) is 5.14. The van der Waals surface area contributed by atoms with Crippen molar-refractivity contribution in [2.24, 2.45) is 0 Å². The van der Waals surface area contributed by atoms with E-state index in [0.29, 0.717) is 11.6 Å². The zero-order valence-electron chi connectivity index (χ0n) is 16.2. The average Bonchev–Trinajstić information content (AvgIpc) is 2.75. The number of morpholine rings is 1. The van der Waals surface area contributed by atoms with Crippen LogP contribution in [-0.2, 0) is 14.3 Å². The van der Waals surface area contributed by atoms with Gasteiger partial charge in [-0.15, -0.1) is 0 Å². The zero-order valence-corrected chi connectivity index (χ0v) is 16.2. The van der Waals surface area contributed by atoms with Crippen molar-refractivity contribution in [3.63, 3.8) is 0 Å². The molecule has 2 atom stereocenters. The van der Waals surface area contributed by atoms with Gasteiger partial charge in [-0.05, 0) is 29.8 Å². The van der Waals surface area contributed by atoms with E-state index in [0.717, 1.165) is 16.5 Å². The second-order valence-corrected chi connectivity index (χ2v) is 6.84. The highest BCUT2D eigenvalue weighted by molar-refractivity contribution is 5.98. The third kappa shape index (κ3) is 3.77. The number of hydrogen-bond donors (Lipinski definition) is 1. The van der Waals surface area contributed by atoms with Crippen molar-refractivity contribution < 1.29 is 19.1 Å². The summed E-state index contributed by atoms with van der Waals surface area (Å²) in [5, 5.41) is 3.78. The number of pyridine rings is 1. The zero-order chi connectivity index (χ0) is 20.4. The summed E-state index contributed by atoms with van der Waals surface area (Å²) < 4.78 is 10.8. The molecule has 29 heavy (non-hydrogen) atoms. The van der Waals surface area contributed by atoms with Crippen LogP contribution in [-0.4, -0.2) is 48.6 Å². The maximum atomic E-state index is 13.0. The van der Waals surface area contributed by atoms with E-state index in [2.05, 4.69) is 10.3 Å². The van der Waals surface area contributed by atoms with Crippen LogP contribution in [0.2, 0.25) is 0 Å². The van der Waals surface area contributed by atoms with E-state index >= 15 is 0 Å². The number of fused-ring (bicyclic) bond motifs is 1. The summed E-state index contributed by atoms with van der Waals surface area (Å²) in [5.74, 6) is 0.0657. The number of nitrogens with zero attached hydrogens (tertiary/aromatic N) is 2. The number of amides is 2. The van der Waals surface area contributed by atoms with Crippen LogP contribution >= 0.6 is 0 Å². The normalized spacial score (nSPS) is 19.2. The van der Waals surface area contributed by atoms with Gasteiger partial charge >= 0.3 is 0 Å². The van der Waals surface area contributed by atoms with E-state index in [-0.39, 0.29) is 18.4 Å². The number of carbonyl (C=O) groups is 2. The van der Waals surface area contributed by atoms with Crippen molar-refractivity contribution in [1.82, 2.24) is 9.88 Å². The minimum atomic E-state index is -0.815. The summed E-state index contributed by atoms with van der Waals surface area (Å²) in [6.07, 6.45) is -0.815. The number of hydrogen-bond acceptors (Lipinski definition) is 5. The monoisotopic (exact) mass is 391 g/mol. The Morgan fingerprint density at radius 1 is 1.17 bits per heavy atom. The van der Waals surface area contributed by atoms with Crippen LogP contribution in [0.4, 0.5) is 5.69 Å². The largest absolute Gasteiger partial charge is 0.481 e. The number of methoxy groups -OCH3 is 1. The van der Waals surface area contributed by atoms with Gasteiger partial charge in [0.15, 0.2) is 6.10 Å². The molecule has 7 nitrogen and oxygen atoms in total. The molecule has 1 saturated heterocycles. The highest BCUT2D eigenvalue weighted by atomic mass is 16.5. The van der Waals surface area contributed by atoms with Crippen LogP contribution in [0.3, 0.4) is 0 Å². The van der Waals surface area contributed by atoms with E-state index in [1.54, 1.807) is 31.2 Å². The maximum absolute atomic E-state index is 13.0. The standard InChI is InChI=1S/C22H21N3O4/c1-25-19(26)13-29-21(20(25)14-6-4-3-5-7-14)22(27)23-16-9-10-17-15(12-16)8-11-18(24-17)28-2/h3-12,20-21H,13H2,1-2H3,(H,23,27). The second kappa shape index (κ2) is 7.89. The summed E-state index contributed by atoms with van der Waals surface area (Å²) in [7, 11) is 3.26. The molecule has 3 aromatic rings. The van der Waals surface area contributed by atoms with Crippen molar-refractivity contribution >= 4 is 28.4 Å². The molecular weight excluding hydrogens is 370 g/mol. The number of rotatable bonds is 4. The molecule has 7 heteroatoms. The van der Waals surface area contributed by atoms with Gasteiger partial charge in [0.1, 0.15) is 6.61 Å². The molecule has 1 fully saturated rings. The summed E-state index contributed by atoms with van der Waals surface area (Å²) in [6, 6.07) is 18.0. The Balaban J connectivity index is 1.59. The van der Waals surface area contributed by atoms with Gasteiger partial charge in [0, 0.05) is 24.2 Å². The summed E-state index contributed by atoms with van der Waals surface area (Å²) >= 11 is 0. The van der Waals surface area contributed by atoms with Crippen LogP contribution < -0.4 is 10.1 Å². The van der Waals surface area contributed by atoms with Gasteiger partial charge in [0.25, 0.3) is 5.91 Å². The lowest BCUT2D eigenvalue weighted by Crippen LogP contribution is -2.51. The first kappa shape index (κ1) is 18.9. The van der Waals surface area contributed by atoms with Crippen LogP contribution in [0, 0.1) is 0 Å². The van der Waals surface area contributed by atoms with Gasteiger partial charge in [-0.3, -0.25) is 9.59 Å². The van der Waals surface area contributed by atoms with Gasteiger partial charge in [-0.25, -0.2) is 4.98 Å². The summed E-state index contributed by atoms with van der Waals surface area (Å²) in [5.41, 5.74) is 2.24. The highest BCUT2D eigenvalue weighted by Gasteiger charge is 2.40. The number of anilines is 1. The lowest BCUT2D eigenvalue weighted by Gasteiger charge is -2.38. The predicted molar refractivity (Wildman–Crippen MR) is 109 cm³/mol. The molecule has 0 spiro atoms. The van der Waals surface area contributed by atoms with Gasteiger partial charge in [-0.1, -0.05) is 30.3 Å². The molecule has 4 rings (SSSR count). The minimum Gasteiger partial charge on any atom is -0.481 e. The lowest BCUT2D eigenvalue weighted by molar-refractivity contribution is -0.160. The third-order valence-electron chi connectivity index (χ3n) is 5.02. The highest BCUT2D eigenvalue weighted by Crippen LogP contribution is 2.30. The third-order valence-corrected chi connectivity index (χ3v) is 5.02. The van der Waals surface area contributed by atoms with Crippen molar-refractivity contribution in [3.8, 4) is 5.88 Å². The molecule has 0 bridgehead atoms. The molecular formula is C22H21N3O4. The number of carbonyl (C=O) groups excluding carboxylic acids is 2. The first-order valence-corrected chi connectivity index (χ1v) is 9.24. The first-order chi connectivity index (χ1) is 14.1. The van der Waals surface area contributed by atoms with E-state index in [1.165, 1.54) is 0 Å². The van der Waals surface area contributed by atoms with Crippen LogP contribution in [0.15, 0.2) is 60.7 Å². The molecule has 2 unspecified atom stereocenters. The maximum Gasteiger partial charge on any atom is 0.256 e. The Morgan fingerprint density at radius 3 is 2.72 bits per heavy atom. The number of benzene rings is 2. The molecule has 1 aromatic heterocycles. The average molecular weight is 391 g/mol. The van der Waals surface area contributed by atoms with Crippen molar-refractivity contribution in [1.29, 1.82) is 0 Å².